The molecule has 0 bridgehead atoms. The first-order chi connectivity index (χ1) is 5.31. The summed E-state index contributed by atoms with van der Waals surface area (Å²) in [5, 5.41) is 0. The van der Waals surface area contributed by atoms with Gasteiger partial charge in [-0.1, -0.05) is 19.8 Å². The van der Waals surface area contributed by atoms with E-state index in [1.165, 1.54) is 0 Å². The Morgan fingerprint density at radius 1 is 1.36 bits per heavy atom. The van der Waals surface area contributed by atoms with Crippen LogP contribution in [-0.2, 0) is 9.47 Å². The minimum absolute atomic E-state index is 0.132. The Bertz CT molecular complexity index is 102. The van der Waals surface area contributed by atoms with Crippen molar-refractivity contribution in [3.05, 3.63) is 6.92 Å². The lowest BCUT2D eigenvalue weighted by Gasteiger charge is -2.02. The molecule has 0 atom stereocenters. The first-order valence-electron chi connectivity index (χ1n) is 3.90. The second kappa shape index (κ2) is 7.38. The van der Waals surface area contributed by atoms with Gasteiger partial charge >= 0.3 is 6.16 Å². The molecule has 0 rings (SSSR count). The molecule has 0 aliphatic rings. The quantitative estimate of drug-likeness (QED) is 0.455. The maximum atomic E-state index is 10.5. The van der Waals surface area contributed by atoms with Gasteiger partial charge in [-0.15, -0.1) is 0 Å². The van der Waals surface area contributed by atoms with Crippen molar-refractivity contribution in [3.8, 4) is 0 Å². The SMILES string of the molecule is [CH2]COC(=O)OCCCCC. The van der Waals surface area contributed by atoms with Crippen molar-refractivity contribution in [1.29, 1.82) is 0 Å². The Morgan fingerprint density at radius 2 is 2.09 bits per heavy atom. The molecule has 0 fully saturated rings. The number of hydrogen-bond acceptors (Lipinski definition) is 3. The van der Waals surface area contributed by atoms with Crippen LogP contribution in [0.15, 0.2) is 0 Å². The van der Waals surface area contributed by atoms with E-state index in [1.54, 1.807) is 0 Å². The van der Waals surface area contributed by atoms with Crippen LogP contribution >= 0.6 is 0 Å². The molecule has 0 unspecified atom stereocenters. The molecule has 0 aliphatic carbocycles. The third-order valence-electron chi connectivity index (χ3n) is 1.19. The molecule has 0 aromatic carbocycles. The first kappa shape index (κ1) is 10.3. The number of unbranched alkanes of at least 4 members (excludes halogenated alkanes) is 2. The molecule has 0 saturated heterocycles. The fourth-order valence-electron chi connectivity index (χ4n) is 0.633. The molecular weight excluding hydrogens is 144 g/mol. The summed E-state index contributed by atoms with van der Waals surface area (Å²) in [5.74, 6) is 0. The van der Waals surface area contributed by atoms with E-state index in [-0.39, 0.29) is 6.61 Å². The van der Waals surface area contributed by atoms with Gasteiger partial charge in [0.05, 0.1) is 13.2 Å². The lowest BCUT2D eigenvalue weighted by atomic mass is 10.3. The fraction of sp³-hybridized carbons (Fsp3) is 0.750. The van der Waals surface area contributed by atoms with Crippen LogP contribution in [0, 0.1) is 6.92 Å². The summed E-state index contributed by atoms with van der Waals surface area (Å²) in [5.41, 5.74) is 0. The van der Waals surface area contributed by atoms with Crippen molar-refractivity contribution in [3.63, 3.8) is 0 Å². The molecule has 0 heterocycles. The molecule has 0 amide bonds. The van der Waals surface area contributed by atoms with E-state index >= 15 is 0 Å². The smallest absolute Gasteiger partial charge is 0.434 e. The van der Waals surface area contributed by atoms with Crippen LogP contribution in [-0.4, -0.2) is 19.4 Å². The van der Waals surface area contributed by atoms with E-state index in [9.17, 15) is 4.79 Å². The maximum absolute atomic E-state index is 10.5. The number of rotatable bonds is 5. The van der Waals surface area contributed by atoms with E-state index in [0.29, 0.717) is 6.61 Å². The predicted molar refractivity (Wildman–Crippen MR) is 42.2 cm³/mol. The molecular formula is C8H15O3. The van der Waals surface area contributed by atoms with Gasteiger partial charge in [-0.25, -0.2) is 4.79 Å². The molecule has 0 saturated carbocycles. The molecule has 0 spiro atoms. The van der Waals surface area contributed by atoms with Gasteiger partial charge < -0.3 is 9.47 Å². The van der Waals surface area contributed by atoms with Gasteiger partial charge in [0, 0.05) is 0 Å². The minimum atomic E-state index is -0.615. The van der Waals surface area contributed by atoms with Crippen molar-refractivity contribution < 1.29 is 14.3 Å². The molecule has 1 radical (unpaired) electrons. The number of carbonyl (C=O) groups excluding carboxylic acids is 1. The third kappa shape index (κ3) is 7.16. The normalized spacial score (nSPS) is 9.27. The van der Waals surface area contributed by atoms with Crippen LogP contribution in [0.3, 0.4) is 0 Å². The molecule has 0 aromatic heterocycles. The van der Waals surface area contributed by atoms with Crippen LogP contribution < -0.4 is 0 Å². The monoisotopic (exact) mass is 159 g/mol. The molecule has 0 aromatic rings. The van der Waals surface area contributed by atoms with E-state index in [2.05, 4.69) is 23.3 Å². The average molecular weight is 159 g/mol. The Morgan fingerprint density at radius 3 is 2.64 bits per heavy atom. The first-order valence-corrected chi connectivity index (χ1v) is 3.90. The van der Waals surface area contributed by atoms with E-state index in [1.807, 2.05) is 0 Å². The molecule has 0 aliphatic heterocycles. The zero-order valence-corrected chi connectivity index (χ0v) is 6.97. The lowest BCUT2D eigenvalue weighted by Crippen LogP contribution is -2.07. The molecule has 0 N–H and O–H groups in total. The minimum Gasteiger partial charge on any atom is -0.434 e. The summed E-state index contributed by atoms with van der Waals surface area (Å²) < 4.78 is 9.13. The van der Waals surface area contributed by atoms with Crippen LogP contribution in [0.4, 0.5) is 4.79 Å². The van der Waals surface area contributed by atoms with Crippen molar-refractivity contribution in [1.82, 2.24) is 0 Å². The zero-order chi connectivity index (χ0) is 8.53. The van der Waals surface area contributed by atoms with Crippen LogP contribution in [0.25, 0.3) is 0 Å². The summed E-state index contributed by atoms with van der Waals surface area (Å²) in [6.45, 7) is 6.02. The van der Waals surface area contributed by atoms with Gasteiger partial charge in [0.25, 0.3) is 0 Å². The molecule has 11 heavy (non-hydrogen) atoms. The van der Waals surface area contributed by atoms with Gasteiger partial charge in [0.2, 0.25) is 0 Å². The predicted octanol–water partition coefficient (Wildman–Crippen LogP) is 2.16. The van der Waals surface area contributed by atoms with Crippen molar-refractivity contribution in [2.45, 2.75) is 26.2 Å². The highest BCUT2D eigenvalue weighted by Crippen LogP contribution is 1.95. The van der Waals surface area contributed by atoms with Crippen LogP contribution in [0.5, 0.6) is 0 Å². The summed E-state index contributed by atoms with van der Waals surface area (Å²) >= 11 is 0. The highest BCUT2D eigenvalue weighted by molar-refractivity contribution is 5.59. The van der Waals surface area contributed by atoms with Crippen LogP contribution in [0.2, 0.25) is 0 Å². The standard InChI is InChI=1S/C8H15O3/c1-3-5-6-7-11-8(9)10-4-2/h2-7H2,1H3. The van der Waals surface area contributed by atoms with Gasteiger partial charge in [-0.05, 0) is 13.3 Å². The molecule has 65 valence electrons. The zero-order valence-electron chi connectivity index (χ0n) is 6.97. The van der Waals surface area contributed by atoms with Gasteiger partial charge in [-0.2, -0.15) is 0 Å². The van der Waals surface area contributed by atoms with Gasteiger partial charge in [0.15, 0.2) is 0 Å². The van der Waals surface area contributed by atoms with Gasteiger partial charge in [0.1, 0.15) is 0 Å². The summed E-state index contributed by atoms with van der Waals surface area (Å²) in [7, 11) is 0. The number of carbonyl (C=O) groups is 1. The van der Waals surface area contributed by atoms with Crippen molar-refractivity contribution in [2.75, 3.05) is 13.2 Å². The largest absolute Gasteiger partial charge is 0.508 e. The maximum Gasteiger partial charge on any atom is 0.508 e. The molecule has 3 nitrogen and oxygen atoms in total. The number of hydrogen-bond donors (Lipinski definition) is 0. The third-order valence-corrected chi connectivity index (χ3v) is 1.19. The topological polar surface area (TPSA) is 35.5 Å². The summed E-state index contributed by atoms with van der Waals surface area (Å²) in [6.07, 6.45) is 2.49. The van der Waals surface area contributed by atoms with Crippen molar-refractivity contribution in [2.24, 2.45) is 0 Å². The highest BCUT2D eigenvalue weighted by Gasteiger charge is 1.99. The van der Waals surface area contributed by atoms with Crippen LogP contribution in [0.1, 0.15) is 26.2 Å². The Balaban J connectivity index is 3.04. The van der Waals surface area contributed by atoms with Gasteiger partial charge in [-0.3, -0.25) is 0 Å². The molecule has 3 heteroatoms. The van der Waals surface area contributed by atoms with E-state index in [4.69, 9.17) is 0 Å². The summed E-state index contributed by atoms with van der Waals surface area (Å²) in [6, 6.07) is 0. The van der Waals surface area contributed by atoms with E-state index in [0.717, 1.165) is 19.3 Å². The highest BCUT2D eigenvalue weighted by atomic mass is 16.7. The Labute approximate surface area is 67.7 Å². The van der Waals surface area contributed by atoms with Crippen molar-refractivity contribution >= 4 is 6.16 Å². The Kier molecular flexibility index (Phi) is 6.89. The summed E-state index contributed by atoms with van der Waals surface area (Å²) in [4.78, 5) is 10.5. The average Bonchev–Trinajstić information content (AvgIpc) is 1.99. The second-order valence-electron chi connectivity index (χ2n) is 2.15. The van der Waals surface area contributed by atoms with E-state index < -0.39 is 6.16 Å². The lowest BCUT2D eigenvalue weighted by molar-refractivity contribution is 0.0617. The number of ether oxygens (including phenoxy) is 2. The fourth-order valence-corrected chi connectivity index (χ4v) is 0.633. The second-order valence-corrected chi connectivity index (χ2v) is 2.15. The Hall–Kier alpha value is -0.730.